The van der Waals surface area contributed by atoms with E-state index in [-0.39, 0.29) is 17.7 Å². The van der Waals surface area contributed by atoms with Gasteiger partial charge in [-0.2, -0.15) is 13.2 Å². The fourth-order valence-electron chi connectivity index (χ4n) is 3.29. The Bertz CT molecular complexity index is 973. The molecular formula is C21H15F3N2OS. The average Bonchev–Trinajstić information content (AvgIpc) is 3.00. The third-order valence-electron chi connectivity index (χ3n) is 4.55. The average molecular weight is 400 g/mol. The molecule has 0 unspecified atom stereocenters. The van der Waals surface area contributed by atoms with Gasteiger partial charge in [0.05, 0.1) is 22.4 Å². The summed E-state index contributed by atoms with van der Waals surface area (Å²) in [5.41, 5.74) is 3.46. The van der Waals surface area contributed by atoms with Crippen molar-refractivity contribution < 1.29 is 18.0 Å². The first-order chi connectivity index (χ1) is 13.4. The van der Waals surface area contributed by atoms with Crippen LogP contribution in [0.3, 0.4) is 0 Å². The fourth-order valence-corrected chi connectivity index (χ4v) is 3.94. The number of hydrogen-bond acceptors (Lipinski definition) is 3. The maximum atomic E-state index is 12.6. The van der Waals surface area contributed by atoms with E-state index in [1.807, 2.05) is 48.5 Å². The Kier molecular flexibility index (Phi) is 4.85. The molecule has 3 nitrogen and oxygen atoms in total. The molecule has 1 aliphatic carbocycles. The molecule has 0 spiro atoms. The number of thioether (sulfide) groups is 1. The van der Waals surface area contributed by atoms with Crippen LogP contribution in [0.15, 0.2) is 71.9 Å². The third kappa shape index (κ3) is 3.62. The summed E-state index contributed by atoms with van der Waals surface area (Å²) >= 11 is 1.10. The van der Waals surface area contributed by atoms with Crippen molar-refractivity contribution in [3.8, 4) is 11.1 Å². The summed E-state index contributed by atoms with van der Waals surface area (Å²) in [6.45, 7) is 0. The van der Waals surface area contributed by atoms with Crippen LogP contribution >= 0.6 is 11.8 Å². The van der Waals surface area contributed by atoms with E-state index in [1.54, 1.807) is 0 Å². The quantitative estimate of drug-likeness (QED) is 0.621. The number of amides is 1. The second-order valence-corrected chi connectivity index (χ2v) is 7.34. The first kappa shape index (κ1) is 18.6. The monoisotopic (exact) mass is 400 g/mol. The van der Waals surface area contributed by atoms with Crippen LogP contribution in [0.2, 0.25) is 0 Å². The maximum Gasteiger partial charge on any atom is 0.417 e. The molecule has 0 bridgehead atoms. The smallest absolute Gasteiger partial charge is 0.344 e. The zero-order valence-electron chi connectivity index (χ0n) is 14.5. The van der Waals surface area contributed by atoms with E-state index in [4.69, 9.17) is 0 Å². The van der Waals surface area contributed by atoms with Gasteiger partial charge in [-0.25, -0.2) is 4.98 Å². The number of fused-ring (bicyclic) bond motifs is 3. The summed E-state index contributed by atoms with van der Waals surface area (Å²) in [4.78, 5) is 16.3. The van der Waals surface area contributed by atoms with E-state index in [0.717, 1.165) is 46.3 Å². The molecule has 1 N–H and O–H groups in total. The molecule has 7 heteroatoms. The summed E-state index contributed by atoms with van der Waals surface area (Å²) in [6, 6.07) is 17.9. The minimum absolute atomic E-state index is 0.0686. The lowest BCUT2D eigenvalue weighted by atomic mass is 10.1. The molecular weight excluding hydrogens is 385 g/mol. The van der Waals surface area contributed by atoms with Crippen molar-refractivity contribution in [2.45, 2.75) is 17.2 Å². The Morgan fingerprint density at radius 2 is 1.57 bits per heavy atom. The molecule has 1 amide bonds. The lowest BCUT2D eigenvalue weighted by Crippen LogP contribution is -2.29. The predicted molar refractivity (Wildman–Crippen MR) is 102 cm³/mol. The third-order valence-corrected chi connectivity index (χ3v) is 5.50. The molecule has 0 saturated carbocycles. The molecule has 2 aromatic carbocycles. The number of nitrogens with one attached hydrogen (secondary N) is 1. The van der Waals surface area contributed by atoms with Crippen molar-refractivity contribution in [3.05, 3.63) is 83.6 Å². The van der Waals surface area contributed by atoms with Gasteiger partial charge >= 0.3 is 6.18 Å². The maximum absolute atomic E-state index is 12.6. The molecule has 0 aliphatic heterocycles. The second-order valence-electron chi connectivity index (χ2n) is 6.35. The first-order valence-electron chi connectivity index (χ1n) is 8.57. The standard InChI is InChI=1S/C21H15F3N2OS/c22-21(23,24)13-9-10-19(25-11-13)28-12-18(27)26-20-16-7-3-1-5-14(16)15-6-2-4-8-17(15)20/h1-11,20H,12H2,(H,26,27). The number of rotatable bonds is 4. The fraction of sp³-hybridized carbons (Fsp3) is 0.143. The van der Waals surface area contributed by atoms with Gasteiger partial charge in [0.25, 0.3) is 0 Å². The normalized spacial score (nSPS) is 13.1. The Morgan fingerprint density at radius 3 is 2.11 bits per heavy atom. The molecule has 0 fully saturated rings. The van der Waals surface area contributed by atoms with E-state index in [0.29, 0.717) is 5.03 Å². The van der Waals surface area contributed by atoms with Crippen molar-refractivity contribution in [1.82, 2.24) is 10.3 Å². The number of aromatic nitrogens is 1. The zero-order chi connectivity index (χ0) is 19.7. The van der Waals surface area contributed by atoms with Gasteiger partial charge < -0.3 is 5.32 Å². The van der Waals surface area contributed by atoms with Gasteiger partial charge in [-0.3, -0.25) is 4.79 Å². The van der Waals surface area contributed by atoms with Crippen LogP contribution < -0.4 is 5.32 Å². The highest BCUT2D eigenvalue weighted by Crippen LogP contribution is 2.43. The summed E-state index contributed by atoms with van der Waals surface area (Å²) in [5.74, 6) is -0.137. The lowest BCUT2D eigenvalue weighted by molar-refractivity contribution is -0.137. The van der Waals surface area contributed by atoms with Gasteiger partial charge in [0, 0.05) is 6.20 Å². The Hall–Kier alpha value is -2.80. The molecule has 1 heterocycles. The summed E-state index contributed by atoms with van der Waals surface area (Å²) in [6.07, 6.45) is -3.64. The highest BCUT2D eigenvalue weighted by Gasteiger charge is 2.31. The van der Waals surface area contributed by atoms with Crippen LogP contribution in [0.1, 0.15) is 22.7 Å². The zero-order valence-corrected chi connectivity index (χ0v) is 15.3. The van der Waals surface area contributed by atoms with Crippen molar-refractivity contribution in [3.63, 3.8) is 0 Å². The Morgan fingerprint density at radius 1 is 0.964 bits per heavy atom. The van der Waals surface area contributed by atoms with E-state index in [1.165, 1.54) is 6.07 Å². The van der Waals surface area contributed by atoms with Crippen LogP contribution in [0.5, 0.6) is 0 Å². The topological polar surface area (TPSA) is 42.0 Å². The van der Waals surface area contributed by atoms with Crippen molar-refractivity contribution >= 4 is 17.7 Å². The SMILES string of the molecule is O=C(CSc1ccc(C(F)(F)F)cn1)NC1c2ccccc2-c2ccccc21. The molecule has 28 heavy (non-hydrogen) atoms. The van der Waals surface area contributed by atoms with E-state index in [9.17, 15) is 18.0 Å². The molecule has 0 atom stereocenters. The summed E-state index contributed by atoms with van der Waals surface area (Å²) in [5, 5.41) is 3.40. The van der Waals surface area contributed by atoms with Gasteiger partial charge in [0.15, 0.2) is 0 Å². The number of halogens is 3. The van der Waals surface area contributed by atoms with E-state index < -0.39 is 11.7 Å². The van der Waals surface area contributed by atoms with Gasteiger partial charge in [0.1, 0.15) is 0 Å². The number of alkyl halides is 3. The van der Waals surface area contributed by atoms with Crippen LogP contribution in [0, 0.1) is 0 Å². The molecule has 1 aliphatic rings. The van der Waals surface area contributed by atoms with Gasteiger partial charge in [-0.15, -0.1) is 0 Å². The summed E-state index contributed by atoms with van der Waals surface area (Å²) < 4.78 is 37.8. The minimum Gasteiger partial charge on any atom is -0.344 e. The minimum atomic E-state index is -4.42. The van der Waals surface area contributed by atoms with Crippen LogP contribution in [-0.4, -0.2) is 16.6 Å². The number of benzene rings is 2. The largest absolute Gasteiger partial charge is 0.417 e. The Labute approximate surface area is 164 Å². The predicted octanol–water partition coefficient (Wildman–Crippen LogP) is 5.08. The molecule has 142 valence electrons. The molecule has 4 rings (SSSR count). The molecule has 1 aromatic heterocycles. The van der Waals surface area contributed by atoms with Gasteiger partial charge in [0.2, 0.25) is 5.91 Å². The molecule has 0 saturated heterocycles. The van der Waals surface area contributed by atoms with E-state index >= 15 is 0 Å². The summed E-state index contributed by atoms with van der Waals surface area (Å²) in [7, 11) is 0. The van der Waals surface area contributed by atoms with Crippen molar-refractivity contribution in [2.75, 3.05) is 5.75 Å². The lowest BCUT2D eigenvalue weighted by Gasteiger charge is -2.15. The van der Waals surface area contributed by atoms with Crippen molar-refractivity contribution in [1.29, 1.82) is 0 Å². The highest BCUT2D eigenvalue weighted by molar-refractivity contribution is 7.99. The highest BCUT2D eigenvalue weighted by atomic mass is 32.2. The van der Waals surface area contributed by atoms with Crippen LogP contribution in [-0.2, 0) is 11.0 Å². The van der Waals surface area contributed by atoms with Crippen molar-refractivity contribution in [2.24, 2.45) is 0 Å². The Balaban J connectivity index is 1.44. The van der Waals surface area contributed by atoms with Gasteiger partial charge in [-0.05, 0) is 34.4 Å². The van der Waals surface area contributed by atoms with E-state index in [2.05, 4.69) is 10.3 Å². The number of hydrogen-bond donors (Lipinski definition) is 1. The molecule has 3 aromatic rings. The number of carbonyl (C=O) groups excluding carboxylic acids is 1. The first-order valence-corrected chi connectivity index (χ1v) is 9.55. The van der Waals surface area contributed by atoms with Gasteiger partial charge in [-0.1, -0.05) is 60.3 Å². The van der Waals surface area contributed by atoms with Crippen LogP contribution in [0.4, 0.5) is 13.2 Å². The van der Waals surface area contributed by atoms with Crippen LogP contribution in [0.25, 0.3) is 11.1 Å². The number of carbonyl (C=O) groups is 1. The number of nitrogens with zero attached hydrogens (tertiary/aromatic N) is 1. The molecule has 0 radical (unpaired) electrons. The second kappa shape index (κ2) is 7.31. The number of pyridine rings is 1.